The molecular formula is C17H20N4O6. The molecule has 1 fully saturated rings. The molecule has 2 heterocycles. The molecule has 0 bridgehead atoms. The monoisotopic (exact) mass is 376 g/mol. The first kappa shape index (κ1) is 18.5. The summed E-state index contributed by atoms with van der Waals surface area (Å²) in [6.07, 6.45) is -1.71. The number of aromatic nitrogens is 2. The molecule has 1 aromatic carbocycles. The molecule has 10 nitrogen and oxygen atoms in total. The minimum atomic E-state index is -1.05. The molecule has 0 spiro atoms. The summed E-state index contributed by atoms with van der Waals surface area (Å²) in [5, 5.41) is 26.1. The highest BCUT2D eigenvalue weighted by Gasteiger charge is 2.32. The molecule has 10 heteroatoms. The van der Waals surface area contributed by atoms with Gasteiger partial charge < -0.3 is 29.2 Å². The van der Waals surface area contributed by atoms with Gasteiger partial charge in [0.05, 0.1) is 12.6 Å². The highest BCUT2D eigenvalue weighted by atomic mass is 16.5. The van der Waals surface area contributed by atoms with Gasteiger partial charge in [-0.2, -0.15) is 0 Å². The summed E-state index contributed by atoms with van der Waals surface area (Å²) in [6.45, 7) is 2.45. The molecular weight excluding hydrogens is 356 g/mol. The van der Waals surface area contributed by atoms with Gasteiger partial charge in [-0.15, -0.1) is 10.2 Å². The van der Waals surface area contributed by atoms with Crippen molar-refractivity contribution in [1.29, 1.82) is 0 Å². The number of hydrogen-bond donors (Lipinski definition) is 2. The smallest absolute Gasteiger partial charge is 0.407 e. The number of nitrogens with zero attached hydrogens (tertiary/aromatic N) is 4. The van der Waals surface area contributed by atoms with E-state index in [-0.39, 0.29) is 26.2 Å². The normalized spacial score (nSPS) is 17.0. The summed E-state index contributed by atoms with van der Waals surface area (Å²) in [5.74, 6) is 1.52. The first-order chi connectivity index (χ1) is 12.9. The number of aryl methyl sites for hydroxylation is 1. The van der Waals surface area contributed by atoms with Crippen LogP contribution in [0.1, 0.15) is 12.3 Å². The molecule has 144 valence electrons. The summed E-state index contributed by atoms with van der Waals surface area (Å²) in [7, 11) is 0. The van der Waals surface area contributed by atoms with Crippen LogP contribution in [0.15, 0.2) is 28.7 Å². The topological polar surface area (TPSA) is 129 Å². The average Bonchev–Trinajstić information content (AvgIpc) is 3.08. The molecule has 0 aliphatic carbocycles. The maximum atomic E-state index is 11.3. The minimum absolute atomic E-state index is 0.139. The standard InChI is InChI=1S/C17H20N4O6/c1-11-18-19-15(27-11)12-2-4-14(5-3-12)26-9-6-13-10-20(16(22)23)7-8-21(13)17(24)25/h2-5,13H,6-10H2,1H3,(H,22,23)(H,24,25)/t13-/m1/s1. The third kappa shape index (κ3) is 4.46. The molecule has 1 aliphatic rings. The molecule has 3 rings (SSSR count). The molecule has 2 aromatic rings. The lowest BCUT2D eigenvalue weighted by Gasteiger charge is -2.38. The van der Waals surface area contributed by atoms with Crippen LogP contribution < -0.4 is 4.74 Å². The second-order valence-corrected chi connectivity index (χ2v) is 6.15. The van der Waals surface area contributed by atoms with Gasteiger partial charge in [-0.25, -0.2) is 9.59 Å². The number of carboxylic acid groups (broad SMARTS) is 2. The van der Waals surface area contributed by atoms with Gasteiger partial charge in [0.25, 0.3) is 0 Å². The van der Waals surface area contributed by atoms with Gasteiger partial charge >= 0.3 is 12.2 Å². The number of carbonyl (C=O) groups is 2. The van der Waals surface area contributed by atoms with Crippen molar-refractivity contribution in [3.05, 3.63) is 30.2 Å². The Morgan fingerprint density at radius 2 is 1.93 bits per heavy atom. The number of ether oxygens (including phenoxy) is 1. The second kappa shape index (κ2) is 7.94. The van der Waals surface area contributed by atoms with E-state index in [2.05, 4.69) is 10.2 Å². The fourth-order valence-corrected chi connectivity index (χ4v) is 2.95. The van der Waals surface area contributed by atoms with Crippen molar-refractivity contribution in [3.8, 4) is 17.2 Å². The molecule has 0 radical (unpaired) electrons. The maximum absolute atomic E-state index is 11.3. The Bertz CT molecular complexity index is 806. The number of rotatable bonds is 5. The quantitative estimate of drug-likeness (QED) is 0.812. The highest BCUT2D eigenvalue weighted by Crippen LogP contribution is 2.22. The van der Waals surface area contributed by atoms with Crippen LogP contribution in [0.4, 0.5) is 9.59 Å². The Labute approximate surface area is 155 Å². The molecule has 0 saturated carbocycles. The van der Waals surface area contributed by atoms with Crippen molar-refractivity contribution in [3.63, 3.8) is 0 Å². The van der Waals surface area contributed by atoms with Crippen molar-refractivity contribution in [2.45, 2.75) is 19.4 Å². The van der Waals surface area contributed by atoms with Crippen molar-refractivity contribution >= 4 is 12.2 Å². The van der Waals surface area contributed by atoms with Crippen LogP contribution in [0.25, 0.3) is 11.5 Å². The van der Waals surface area contributed by atoms with Crippen LogP contribution in [-0.2, 0) is 0 Å². The van der Waals surface area contributed by atoms with Crippen LogP contribution in [0, 0.1) is 6.92 Å². The van der Waals surface area contributed by atoms with Gasteiger partial charge in [-0.1, -0.05) is 0 Å². The van der Waals surface area contributed by atoms with E-state index in [1.165, 1.54) is 9.80 Å². The SMILES string of the molecule is Cc1nnc(-c2ccc(OCC[C@@H]3CN(C(=O)O)CCN3C(=O)O)cc2)o1. The van der Waals surface area contributed by atoms with E-state index in [1.54, 1.807) is 31.2 Å². The predicted octanol–water partition coefficient (Wildman–Crippen LogP) is 2.16. The molecule has 1 aromatic heterocycles. The zero-order valence-electron chi connectivity index (χ0n) is 14.7. The van der Waals surface area contributed by atoms with E-state index in [0.717, 1.165) is 5.56 Å². The van der Waals surface area contributed by atoms with E-state index in [0.29, 0.717) is 24.0 Å². The lowest BCUT2D eigenvalue weighted by atomic mass is 10.1. The third-order valence-corrected chi connectivity index (χ3v) is 4.35. The van der Waals surface area contributed by atoms with Crippen molar-refractivity contribution in [2.24, 2.45) is 0 Å². The summed E-state index contributed by atoms with van der Waals surface area (Å²) in [4.78, 5) is 25.0. The summed E-state index contributed by atoms with van der Waals surface area (Å²) < 4.78 is 11.0. The Balaban J connectivity index is 1.55. The predicted molar refractivity (Wildman–Crippen MR) is 92.7 cm³/mol. The zero-order valence-corrected chi connectivity index (χ0v) is 14.7. The minimum Gasteiger partial charge on any atom is -0.494 e. The molecule has 1 saturated heterocycles. The van der Waals surface area contributed by atoms with E-state index < -0.39 is 18.2 Å². The number of piperazine rings is 1. The van der Waals surface area contributed by atoms with Gasteiger partial charge in [0, 0.05) is 38.5 Å². The molecule has 27 heavy (non-hydrogen) atoms. The Kier molecular flexibility index (Phi) is 5.43. The molecule has 1 aliphatic heterocycles. The van der Waals surface area contributed by atoms with E-state index >= 15 is 0 Å². The molecule has 1 atom stereocenters. The van der Waals surface area contributed by atoms with Crippen molar-refractivity contribution in [2.75, 3.05) is 26.2 Å². The Morgan fingerprint density at radius 1 is 1.19 bits per heavy atom. The number of hydrogen-bond acceptors (Lipinski definition) is 6. The fourth-order valence-electron chi connectivity index (χ4n) is 2.95. The largest absolute Gasteiger partial charge is 0.494 e. The zero-order chi connectivity index (χ0) is 19.4. The van der Waals surface area contributed by atoms with Crippen LogP contribution in [0.5, 0.6) is 5.75 Å². The van der Waals surface area contributed by atoms with Crippen LogP contribution in [-0.4, -0.2) is 74.7 Å². The van der Waals surface area contributed by atoms with Crippen molar-refractivity contribution in [1.82, 2.24) is 20.0 Å². The average molecular weight is 376 g/mol. The Morgan fingerprint density at radius 3 is 2.52 bits per heavy atom. The molecule has 2 N–H and O–H groups in total. The van der Waals surface area contributed by atoms with E-state index in [1.807, 2.05) is 0 Å². The third-order valence-electron chi connectivity index (χ3n) is 4.35. The van der Waals surface area contributed by atoms with Gasteiger partial charge in [-0.3, -0.25) is 0 Å². The van der Waals surface area contributed by atoms with Gasteiger partial charge in [0.15, 0.2) is 0 Å². The maximum Gasteiger partial charge on any atom is 0.407 e. The first-order valence-corrected chi connectivity index (χ1v) is 8.45. The van der Waals surface area contributed by atoms with Gasteiger partial charge in [0.1, 0.15) is 5.75 Å². The fraction of sp³-hybridized carbons (Fsp3) is 0.412. The van der Waals surface area contributed by atoms with Crippen molar-refractivity contribution < 1.29 is 29.0 Å². The van der Waals surface area contributed by atoms with Crippen LogP contribution in [0.3, 0.4) is 0 Å². The van der Waals surface area contributed by atoms with Gasteiger partial charge in [-0.05, 0) is 24.3 Å². The number of amides is 2. The number of benzene rings is 1. The Hall–Kier alpha value is -3.30. The lowest BCUT2D eigenvalue weighted by Crippen LogP contribution is -2.56. The summed E-state index contributed by atoms with van der Waals surface area (Å²) in [6, 6.07) is 6.66. The first-order valence-electron chi connectivity index (χ1n) is 8.45. The van der Waals surface area contributed by atoms with Gasteiger partial charge in [0.2, 0.25) is 11.8 Å². The highest BCUT2D eigenvalue weighted by molar-refractivity contribution is 5.68. The lowest BCUT2D eigenvalue weighted by molar-refractivity contribution is 0.0562. The summed E-state index contributed by atoms with van der Waals surface area (Å²) in [5.41, 5.74) is 0.768. The van der Waals surface area contributed by atoms with E-state index in [9.17, 15) is 14.7 Å². The molecule has 2 amide bonds. The van der Waals surface area contributed by atoms with E-state index in [4.69, 9.17) is 14.3 Å². The molecule has 0 unspecified atom stereocenters. The van der Waals surface area contributed by atoms with Crippen LogP contribution in [0.2, 0.25) is 0 Å². The van der Waals surface area contributed by atoms with Crippen LogP contribution >= 0.6 is 0 Å². The second-order valence-electron chi connectivity index (χ2n) is 6.15. The summed E-state index contributed by atoms with van der Waals surface area (Å²) >= 11 is 0.